The summed E-state index contributed by atoms with van der Waals surface area (Å²) in [5, 5.41) is 13.6. The average Bonchev–Trinajstić information content (AvgIpc) is 2.43. The van der Waals surface area contributed by atoms with Crippen molar-refractivity contribution in [2.24, 2.45) is 0 Å². The number of nitro benzene ring substituents is 1. The Hall–Kier alpha value is -2.21. The summed E-state index contributed by atoms with van der Waals surface area (Å²) in [5.41, 5.74) is 2.51. The van der Waals surface area contributed by atoms with Gasteiger partial charge < -0.3 is 5.32 Å². The average molecular weight is 349 g/mol. The fourth-order valence-corrected chi connectivity index (χ4v) is 2.30. The van der Waals surface area contributed by atoms with Crippen molar-refractivity contribution >= 4 is 33.2 Å². The Morgan fingerprint density at radius 1 is 1.19 bits per heavy atom. The van der Waals surface area contributed by atoms with E-state index in [0.717, 1.165) is 10.0 Å². The van der Waals surface area contributed by atoms with E-state index in [1.165, 1.54) is 18.2 Å². The molecule has 0 saturated carbocycles. The molecule has 0 saturated heterocycles. The Balaban J connectivity index is 2.27. The summed E-state index contributed by atoms with van der Waals surface area (Å²) in [5.74, 6) is -0.306. The van der Waals surface area contributed by atoms with Gasteiger partial charge in [-0.2, -0.15) is 0 Å². The van der Waals surface area contributed by atoms with E-state index in [-0.39, 0.29) is 11.6 Å². The third-order valence-corrected chi connectivity index (χ3v) is 4.15. The summed E-state index contributed by atoms with van der Waals surface area (Å²) in [6.45, 7) is 3.53. The van der Waals surface area contributed by atoms with Gasteiger partial charge in [0.15, 0.2) is 0 Å². The molecule has 0 radical (unpaired) electrons. The molecule has 1 N–H and O–H groups in total. The van der Waals surface area contributed by atoms with Crippen LogP contribution < -0.4 is 5.32 Å². The highest BCUT2D eigenvalue weighted by Crippen LogP contribution is 2.26. The molecule has 0 atom stereocenters. The van der Waals surface area contributed by atoms with Crippen LogP contribution in [-0.2, 0) is 0 Å². The SMILES string of the molecule is Cc1cc(C(=O)Nc2cccc(C)c2Br)ccc1[N+](=O)[O-]. The molecule has 2 aromatic carbocycles. The Morgan fingerprint density at radius 3 is 2.52 bits per heavy atom. The highest BCUT2D eigenvalue weighted by atomic mass is 79.9. The molecule has 0 aliphatic heterocycles. The molecule has 2 aromatic rings. The van der Waals surface area contributed by atoms with Crippen LogP contribution in [0.25, 0.3) is 0 Å². The minimum absolute atomic E-state index is 0.00304. The molecule has 1 amide bonds. The van der Waals surface area contributed by atoms with E-state index in [4.69, 9.17) is 0 Å². The maximum absolute atomic E-state index is 12.2. The van der Waals surface area contributed by atoms with Crippen LogP contribution in [0.2, 0.25) is 0 Å². The van der Waals surface area contributed by atoms with E-state index >= 15 is 0 Å². The van der Waals surface area contributed by atoms with Crippen LogP contribution in [0.3, 0.4) is 0 Å². The molecule has 2 rings (SSSR count). The van der Waals surface area contributed by atoms with Crippen molar-refractivity contribution in [1.82, 2.24) is 0 Å². The number of carbonyl (C=O) groups excluding carboxylic acids is 1. The lowest BCUT2D eigenvalue weighted by molar-refractivity contribution is -0.385. The molecule has 0 aliphatic rings. The number of nitro groups is 1. The Labute approximate surface area is 130 Å². The highest BCUT2D eigenvalue weighted by Gasteiger charge is 2.14. The molecule has 0 fully saturated rings. The second-order valence-corrected chi connectivity index (χ2v) is 5.44. The predicted molar refractivity (Wildman–Crippen MR) is 84.7 cm³/mol. The van der Waals surface area contributed by atoms with Crippen LogP contribution in [-0.4, -0.2) is 10.8 Å². The number of benzene rings is 2. The Morgan fingerprint density at radius 2 is 1.90 bits per heavy atom. The Kier molecular flexibility index (Phi) is 4.37. The van der Waals surface area contributed by atoms with Gasteiger partial charge in [-0.15, -0.1) is 0 Å². The first-order chi connectivity index (χ1) is 9.90. The van der Waals surface area contributed by atoms with Crippen LogP contribution in [0.1, 0.15) is 21.5 Å². The van der Waals surface area contributed by atoms with E-state index in [2.05, 4.69) is 21.2 Å². The van der Waals surface area contributed by atoms with Gasteiger partial charge in [0, 0.05) is 21.7 Å². The van der Waals surface area contributed by atoms with Gasteiger partial charge in [0.25, 0.3) is 11.6 Å². The maximum atomic E-state index is 12.2. The number of carbonyl (C=O) groups is 1. The van der Waals surface area contributed by atoms with Crippen molar-refractivity contribution in [2.75, 3.05) is 5.32 Å². The molecular weight excluding hydrogens is 336 g/mol. The van der Waals surface area contributed by atoms with Crippen molar-refractivity contribution in [3.63, 3.8) is 0 Å². The summed E-state index contributed by atoms with van der Waals surface area (Å²) in [6, 6.07) is 9.86. The van der Waals surface area contributed by atoms with Gasteiger partial charge >= 0.3 is 0 Å². The zero-order valence-corrected chi connectivity index (χ0v) is 13.1. The van der Waals surface area contributed by atoms with E-state index in [1.807, 2.05) is 19.1 Å². The first-order valence-electron chi connectivity index (χ1n) is 6.21. The lowest BCUT2D eigenvalue weighted by Crippen LogP contribution is -2.13. The van der Waals surface area contributed by atoms with Crippen molar-refractivity contribution < 1.29 is 9.72 Å². The van der Waals surface area contributed by atoms with Crippen LogP contribution in [0.5, 0.6) is 0 Å². The number of nitrogens with one attached hydrogen (secondary N) is 1. The third kappa shape index (κ3) is 3.28. The second kappa shape index (κ2) is 6.05. The number of rotatable bonds is 3. The number of hydrogen-bond donors (Lipinski definition) is 1. The number of nitrogens with zero attached hydrogens (tertiary/aromatic N) is 1. The molecule has 0 heterocycles. The summed E-state index contributed by atoms with van der Waals surface area (Å²) in [7, 11) is 0. The van der Waals surface area contributed by atoms with Crippen LogP contribution in [0.4, 0.5) is 11.4 Å². The van der Waals surface area contributed by atoms with Gasteiger partial charge in [-0.25, -0.2) is 0 Å². The van der Waals surface area contributed by atoms with E-state index in [9.17, 15) is 14.9 Å². The molecule has 0 unspecified atom stereocenters. The molecule has 21 heavy (non-hydrogen) atoms. The standard InChI is InChI=1S/C15H13BrN2O3/c1-9-4-3-5-12(14(9)16)17-15(19)11-6-7-13(18(20)21)10(2)8-11/h3-8H,1-2H3,(H,17,19). The van der Waals surface area contributed by atoms with Crippen molar-refractivity contribution in [3.8, 4) is 0 Å². The quantitative estimate of drug-likeness (QED) is 0.666. The van der Waals surface area contributed by atoms with Crippen LogP contribution >= 0.6 is 15.9 Å². The van der Waals surface area contributed by atoms with Crippen molar-refractivity contribution in [3.05, 3.63) is 67.7 Å². The fraction of sp³-hybridized carbons (Fsp3) is 0.133. The molecular formula is C15H13BrN2O3. The van der Waals surface area contributed by atoms with Gasteiger partial charge in [-0.3, -0.25) is 14.9 Å². The number of halogens is 1. The Bertz CT molecular complexity index is 729. The van der Waals surface area contributed by atoms with E-state index in [0.29, 0.717) is 16.8 Å². The summed E-state index contributed by atoms with van der Waals surface area (Å²) < 4.78 is 0.817. The smallest absolute Gasteiger partial charge is 0.272 e. The number of aryl methyl sites for hydroxylation is 2. The number of hydrogen-bond acceptors (Lipinski definition) is 3. The molecule has 6 heteroatoms. The third-order valence-electron chi connectivity index (χ3n) is 3.10. The maximum Gasteiger partial charge on any atom is 0.272 e. The molecule has 108 valence electrons. The molecule has 0 aromatic heterocycles. The lowest BCUT2D eigenvalue weighted by Gasteiger charge is -2.09. The lowest BCUT2D eigenvalue weighted by atomic mass is 10.1. The van der Waals surface area contributed by atoms with E-state index in [1.54, 1.807) is 13.0 Å². The van der Waals surface area contributed by atoms with Gasteiger partial charge in [-0.05, 0) is 53.5 Å². The first-order valence-corrected chi connectivity index (χ1v) is 7.01. The minimum Gasteiger partial charge on any atom is -0.321 e. The molecule has 0 spiro atoms. The van der Waals surface area contributed by atoms with Gasteiger partial charge in [0.05, 0.1) is 10.6 Å². The minimum atomic E-state index is -0.464. The van der Waals surface area contributed by atoms with Gasteiger partial charge in [0.1, 0.15) is 0 Å². The predicted octanol–water partition coefficient (Wildman–Crippen LogP) is 4.23. The molecule has 5 nitrogen and oxygen atoms in total. The monoisotopic (exact) mass is 348 g/mol. The van der Waals surface area contributed by atoms with Crippen LogP contribution in [0, 0.1) is 24.0 Å². The molecule has 0 aliphatic carbocycles. The topological polar surface area (TPSA) is 72.2 Å². The zero-order valence-electron chi connectivity index (χ0n) is 11.5. The van der Waals surface area contributed by atoms with E-state index < -0.39 is 4.92 Å². The van der Waals surface area contributed by atoms with Gasteiger partial charge in [-0.1, -0.05) is 12.1 Å². The van der Waals surface area contributed by atoms with Crippen LogP contribution in [0.15, 0.2) is 40.9 Å². The van der Waals surface area contributed by atoms with Crippen molar-refractivity contribution in [2.45, 2.75) is 13.8 Å². The summed E-state index contributed by atoms with van der Waals surface area (Å²) >= 11 is 3.42. The second-order valence-electron chi connectivity index (χ2n) is 4.65. The normalized spacial score (nSPS) is 10.2. The van der Waals surface area contributed by atoms with Gasteiger partial charge in [0.2, 0.25) is 0 Å². The largest absolute Gasteiger partial charge is 0.321 e. The summed E-state index contributed by atoms with van der Waals surface area (Å²) in [6.07, 6.45) is 0. The summed E-state index contributed by atoms with van der Waals surface area (Å²) in [4.78, 5) is 22.5. The zero-order chi connectivity index (χ0) is 15.6. The fourth-order valence-electron chi connectivity index (χ4n) is 1.94. The van der Waals surface area contributed by atoms with Crippen molar-refractivity contribution in [1.29, 1.82) is 0 Å². The first kappa shape index (κ1) is 15.2. The number of anilines is 1. The number of amides is 1. The highest BCUT2D eigenvalue weighted by molar-refractivity contribution is 9.10. The molecule has 0 bridgehead atoms.